The van der Waals surface area contributed by atoms with E-state index in [9.17, 15) is 13.2 Å². The summed E-state index contributed by atoms with van der Waals surface area (Å²) in [6.45, 7) is 2.45. The lowest BCUT2D eigenvalue weighted by atomic mass is 10.1. The Bertz CT molecular complexity index is 660. The molecule has 1 aromatic heterocycles. The maximum atomic E-state index is 12.3. The van der Waals surface area contributed by atoms with Crippen molar-refractivity contribution >= 4 is 15.7 Å². The SMILES string of the molecule is O=C(CCS(=O)(=O)C1CCCC1)NC[C@H](c1ccco1)N1CCCCC1. The highest BCUT2D eigenvalue weighted by molar-refractivity contribution is 7.92. The number of rotatable bonds is 8. The Labute approximate surface area is 156 Å². The molecule has 0 spiro atoms. The van der Waals surface area contributed by atoms with Gasteiger partial charge in [0.1, 0.15) is 5.76 Å². The molecule has 0 unspecified atom stereocenters. The van der Waals surface area contributed by atoms with E-state index in [0.29, 0.717) is 6.54 Å². The van der Waals surface area contributed by atoms with Crippen LogP contribution in [0.2, 0.25) is 0 Å². The minimum absolute atomic E-state index is 0.0145. The minimum atomic E-state index is -3.15. The highest BCUT2D eigenvalue weighted by Crippen LogP contribution is 2.26. The molecule has 1 aliphatic carbocycles. The largest absolute Gasteiger partial charge is 0.468 e. The van der Waals surface area contributed by atoms with Gasteiger partial charge in [-0.15, -0.1) is 0 Å². The van der Waals surface area contributed by atoms with Crippen LogP contribution in [0, 0.1) is 0 Å². The molecule has 1 amide bonds. The number of hydrogen-bond donors (Lipinski definition) is 1. The molecule has 2 aliphatic rings. The summed E-state index contributed by atoms with van der Waals surface area (Å²) >= 11 is 0. The summed E-state index contributed by atoms with van der Waals surface area (Å²) in [6, 6.07) is 3.82. The van der Waals surface area contributed by atoms with Crippen molar-refractivity contribution in [2.45, 2.75) is 62.7 Å². The highest BCUT2D eigenvalue weighted by Gasteiger charge is 2.29. The van der Waals surface area contributed by atoms with Gasteiger partial charge in [0, 0.05) is 13.0 Å². The summed E-state index contributed by atoms with van der Waals surface area (Å²) in [5.41, 5.74) is 0. The third-order valence-corrected chi connectivity index (χ3v) is 7.88. The van der Waals surface area contributed by atoms with Gasteiger partial charge in [-0.25, -0.2) is 8.42 Å². The van der Waals surface area contributed by atoms with Gasteiger partial charge in [-0.2, -0.15) is 0 Å². The first-order valence-electron chi connectivity index (χ1n) is 9.82. The van der Waals surface area contributed by atoms with Gasteiger partial charge in [0.25, 0.3) is 0 Å². The van der Waals surface area contributed by atoms with E-state index in [0.717, 1.165) is 57.4 Å². The fourth-order valence-corrected chi connectivity index (χ4v) is 5.92. The lowest BCUT2D eigenvalue weighted by Gasteiger charge is -2.33. The average Bonchev–Trinajstić information content (AvgIpc) is 3.35. The van der Waals surface area contributed by atoms with Gasteiger partial charge in [-0.05, 0) is 50.9 Å². The zero-order valence-corrected chi connectivity index (χ0v) is 16.2. The molecule has 2 heterocycles. The Kier molecular flexibility index (Phi) is 6.75. The Balaban J connectivity index is 1.51. The number of nitrogens with one attached hydrogen (secondary N) is 1. The van der Waals surface area contributed by atoms with Crippen LogP contribution < -0.4 is 5.32 Å². The highest BCUT2D eigenvalue weighted by atomic mass is 32.2. The molecule has 1 saturated carbocycles. The van der Waals surface area contributed by atoms with Gasteiger partial charge in [0.05, 0.1) is 23.3 Å². The van der Waals surface area contributed by atoms with Crippen molar-refractivity contribution in [1.82, 2.24) is 10.2 Å². The van der Waals surface area contributed by atoms with Crippen molar-refractivity contribution in [3.8, 4) is 0 Å². The number of amides is 1. The summed E-state index contributed by atoms with van der Waals surface area (Å²) in [5.74, 6) is 0.615. The molecule has 26 heavy (non-hydrogen) atoms. The molecule has 1 aromatic rings. The number of nitrogens with zero attached hydrogens (tertiary/aromatic N) is 1. The van der Waals surface area contributed by atoms with E-state index in [4.69, 9.17) is 4.42 Å². The number of furan rings is 1. The second-order valence-electron chi connectivity index (χ2n) is 7.46. The van der Waals surface area contributed by atoms with Gasteiger partial charge in [0.2, 0.25) is 5.91 Å². The first-order valence-corrected chi connectivity index (χ1v) is 11.5. The molecule has 3 rings (SSSR count). The number of carbonyl (C=O) groups is 1. The van der Waals surface area contributed by atoms with E-state index < -0.39 is 9.84 Å². The molecular formula is C19H30N2O4S. The predicted molar refractivity (Wildman–Crippen MR) is 101 cm³/mol. The first-order chi connectivity index (χ1) is 12.6. The van der Waals surface area contributed by atoms with Gasteiger partial charge in [0.15, 0.2) is 9.84 Å². The van der Waals surface area contributed by atoms with Crippen LogP contribution in [0.25, 0.3) is 0 Å². The molecule has 7 heteroatoms. The molecule has 0 aromatic carbocycles. The second kappa shape index (κ2) is 9.04. The van der Waals surface area contributed by atoms with Crippen LogP contribution in [0.1, 0.15) is 63.2 Å². The van der Waals surface area contributed by atoms with Crippen LogP contribution in [0.5, 0.6) is 0 Å². The Hall–Kier alpha value is -1.34. The van der Waals surface area contributed by atoms with Crippen molar-refractivity contribution < 1.29 is 17.6 Å². The van der Waals surface area contributed by atoms with Crippen LogP contribution in [0.4, 0.5) is 0 Å². The van der Waals surface area contributed by atoms with Gasteiger partial charge >= 0.3 is 0 Å². The molecule has 6 nitrogen and oxygen atoms in total. The van der Waals surface area contributed by atoms with Gasteiger partial charge in [-0.3, -0.25) is 9.69 Å². The number of likely N-dealkylation sites (tertiary alicyclic amines) is 1. The monoisotopic (exact) mass is 382 g/mol. The topological polar surface area (TPSA) is 79.6 Å². The normalized spacial score (nSPS) is 20.9. The molecule has 0 bridgehead atoms. The minimum Gasteiger partial charge on any atom is -0.468 e. The molecule has 0 radical (unpaired) electrons. The Morgan fingerprint density at radius 3 is 2.58 bits per heavy atom. The fraction of sp³-hybridized carbons (Fsp3) is 0.737. The number of hydrogen-bond acceptors (Lipinski definition) is 5. The zero-order valence-electron chi connectivity index (χ0n) is 15.4. The van der Waals surface area contributed by atoms with Crippen LogP contribution >= 0.6 is 0 Å². The summed E-state index contributed by atoms with van der Waals surface area (Å²) in [6.07, 6.45) is 8.72. The predicted octanol–water partition coefficient (Wildman–Crippen LogP) is 2.67. The smallest absolute Gasteiger partial charge is 0.221 e. The van der Waals surface area contributed by atoms with E-state index >= 15 is 0 Å². The molecule has 2 fully saturated rings. The fourth-order valence-electron chi connectivity index (χ4n) is 4.07. The third kappa shape index (κ3) is 5.10. The second-order valence-corrected chi connectivity index (χ2v) is 9.86. The van der Waals surface area contributed by atoms with Crippen molar-refractivity contribution in [1.29, 1.82) is 0 Å². The maximum absolute atomic E-state index is 12.3. The number of piperidine rings is 1. The molecule has 1 N–H and O–H groups in total. The van der Waals surface area contributed by atoms with Crippen molar-refractivity contribution in [3.05, 3.63) is 24.2 Å². The summed E-state index contributed by atoms with van der Waals surface area (Å²) < 4.78 is 30.2. The Morgan fingerprint density at radius 2 is 1.92 bits per heavy atom. The summed E-state index contributed by atoms with van der Waals surface area (Å²) in [4.78, 5) is 14.6. The van der Waals surface area contributed by atoms with Crippen molar-refractivity contribution in [2.75, 3.05) is 25.4 Å². The lowest BCUT2D eigenvalue weighted by molar-refractivity contribution is -0.121. The molecule has 1 atom stereocenters. The number of sulfone groups is 1. The zero-order chi connectivity index (χ0) is 18.4. The molecule has 1 saturated heterocycles. The number of carbonyl (C=O) groups excluding carboxylic acids is 1. The van der Waals surface area contributed by atoms with Crippen LogP contribution in [0.15, 0.2) is 22.8 Å². The lowest BCUT2D eigenvalue weighted by Crippen LogP contribution is -2.40. The van der Waals surface area contributed by atoms with Gasteiger partial charge < -0.3 is 9.73 Å². The van der Waals surface area contributed by atoms with Crippen LogP contribution in [-0.2, 0) is 14.6 Å². The van der Waals surface area contributed by atoms with E-state index in [1.165, 1.54) is 6.42 Å². The third-order valence-electron chi connectivity index (χ3n) is 5.62. The van der Waals surface area contributed by atoms with E-state index in [-0.39, 0.29) is 29.4 Å². The Morgan fingerprint density at radius 1 is 1.19 bits per heavy atom. The summed E-state index contributed by atoms with van der Waals surface area (Å²) in [7, 11) is -3.15. The summed E-state index contributed by atoms with van der Waals surface area (Å²) in [5, 5.41) is 2.69. The first kappa shape index (κ1) is 19.4. The van der Waals surface area contributed by atoms with Crippen molar-refractivity contribution in [3.63, 3.8) is 0 Å². The quantitative estimate of drug-likeness (QED) is 0.748. The van der Waals surface area contributed by atoms with E-state index in [1.54, 1.807) is 6.26 Å². The van der Waals surface area contributed by atoms with Crippen molar-refractivity contribution in [2.24, 2.45) is 0 Å². The molecule has 146 valence electrons. The average molecular weight is 383 g/mol. The van der Waals surface area contributed by atoms with E-state index in [2.05, 4.69) is 10.2 Å². The maximum Gasteiger partial charge on any atom is 0.221 e. The van der Waals surface area contributed by atoms with E-state index in [1.807, 2.05) is 12.1 Å². The molecule has 1 aliphatic heterocycles. The van der Waals surface area contributed by atoms with Crippen LogP contribution in [-0.4, -0.2) is 49.9 Å². The van der Waals surface area contributed by atoms with Crippen LogP contribution in [0.3, 0.4) is 0 Å². The van der Waals surface area contributed by atoms with Gasteiger partial charge in [-0.1, -0.05) is 19.3 Å². The standard InChI is InChI=1S/C19H30N2O4S/c22-19(10-14-26(23,24)16-7-2-3-8-16)20-15-17(18-9-6-13-25-18)21-11-4-1-5-12-21/h6,9,13,16-17H,1-5,7-8,10-12,14-15H2,(H,20,22)/t17-/m1/s1. The molecular weight excluding hydrogens is 352 g/mol.